The van der Waals surface area contributed by atoms with E-state index < -0.39 is 17.4 Å². The maximum atomic E-state index is 13.1. The van der Waals surface area contributed by atoms with Gasteiger partial charge in [-0.2, -0.15) is 0 Å². The van der Waals surface area contributed by atoms with E-state index >= 15 is 0 Å². The highest BCUT2D eigenvalue weighted by Crippen LogP contribution is 2.52. The summed E-state index contributed by atoms with van der Waals surface area (Å²) >= 11 is 6.25. The first-order valence-electron chi connectivity index (χ1n) is 9.23. The average Bonchev–Trinajstić information content (AvgIpc) is 3.26. The number of halogens is 1. The molecule has 2 saturated heterocycles. The lowest BCUT2D eigenvalue weighted by molar-refractivity contribution is -0.137. The van der Waals surface area contributed by atoms with E-state index in [1.54, 1.807) is 4.90 Å². The first kappa shape index (κ1) is 17.6. The van der Waals surface area contributed by atoms with Gasteiger partial charge < -0.3 is 15.0 Å². The van der Waals surface area contributed by atoms with Crippen LogP contribution in [-0.2, 0) is 20.9 Å². The number of hydrogen-bond donors (Lipinski definition) is 1. The first-order chi connectivity index (χ1) is 12.6. The molecule has 4 rings (SSSR count). The highest BCUT2D eigenvalue weighted by Gasteiger charge is 2.66. The SMILES string of the molecule is CCCCNC(=O)[C@H]1[C@H]2C=C[C@]3(CN(Cc4ccccc4Cl)C(=O)[C@@H]13)O2. The van der Waals surface area contributed by atoms with E-state index in [-0.39, 0.29) is 17.9 Å². The molecule has 2 bridgehead atoms. The van der Waals surface area contributed by atoms with Crippen molar-refractivity contribution in [3.8, 4) is 0 Å². The minimum atomic E-state index is -0.671. The summed E-state index contributed by atoms with van der Waals surface area (Å²) in [5, 5.41) is 3.61. The zero-order valence-corrected chi connectivity index (χ0v) is 15.5. The number of nitrogens with zero attached hydrogens (tertiary/aromatic N) is 1. The van der Waals surface area contributed by atoms with Crippen LogP contribution in [0.2, 0.25) is 5.02 Å². The number of ether oxygens (including phenoxy) is 1. The van der Waals surface area contributed by atoms with Gasteiger partial charge in [-0.1, -0.05) is 55.3 Å². The van der Waals surface area contributed by atoms with Gasteiger partial charge in [-0.15, -0.1) is 0 Å². The largest absolute Gasteiger partial charge is 0.360 e. The fourth-order valence-electron chi connectivity index (χ4n) is 4.35. The monoisotopic (exact) mass is 374 g/mol. The van der Waals surface area contributed by atoms with E-state index in [1.165, 1.54) is 0 Å². The Morgan fingerprint density at radius 3 is 3.00 bits per heavy atom. The molecule has 0 unspecified atom stereocenters. The molecule has 3 heterocycles. The number of rotatable bonds is 6. The molecule has 3 aliphatic rings. The number of carbonyl (C=O) groups is 2. The molecule has 4 atom stereocenters. The molecule has 1 aromatic rings. The van der Waals surface area contributed by atoms with Crippen LogP contribution in [0.5, 0.6) is 0 Å². The van der Waals surface area contributed by atoms with Crippen LogP contribution in [-0.4, -0.2) is 41.5 Å². The van der Waals surface area contributed by atoms with Gasteiger partial charge >= 0.3 is 0 Å². The Morgan fingerprint density at radius 2 is 2.23 bits per heavy atom. The van der Waals surface area contributed by atoms with Crippen molar-refractivity contribution in [2.24, 2.45) is 11.8 Å². The highest BCUT2D eigenvalue weighted by molar-refractivity contribution is 6.31. The molecule has 0 aliphatic carbocycles. The zero-order chi connectivity index (χ0) is 18.3. The number of hydrogen-bond acceptors (Lipinski definition) is 3. The quantitative estimate of drug-likeness (QED) is 0.615. The number of likely N-dealkylation sites (tertiary alicyclic amines) is 1. The fourth-order valence-corrected chi connectivity index (χ4v) is 4.55. The molecule has 138 valence electrons. The van der Waals surface area contributed by atoms with Crippen molar-refractivity contribution in [2.45, 2.75) is 38.0 Å². The van der Waals surface area contributed by atoms with Gasteiger partial charge in [-0.25, -0.2) is 0 Å². The molecular formula is C20H23ClN2O3. The normalized spacial score (nSPS) is 31.5. The van der Waals surface area contributed by atoms with E-state index in [1.807, 2.05) is 36.4 Å². The summed E-state index contributed by atoms with van der Waals surface area (Å²) in [5.74, 6) is -0.984. The Bertz CT molecular complexity index is 765. The lowest BCUT2D eigenvalue weighted by atomic mass is 9.77. The van der Waals surface area contributed by atoms with Crippen LogP contribution in [0, 0.1) is 11.8 Å². The van der Waals surface area contributed by atoms with Gasteiger partial charge in [0, 0.05) is 18.1 Å². The van der Waals surface area contributed by atoms with Gasteiger partial charge in [-0.05, 0) is 18.1 Å². The molecule has 2 fully saturated rings. The molecule has 26 heavy (non-hydrogen) atoms. The van der Waals surface area contributed by atoms with E-state index in [0.29, 0.717) is 24.7 Å². The predicted molar refractivity (Wildman–Crippen MR) is 98.5 cm³/mol. The van der Waals surface area contributed by atoms with Crippen LogP contribution in [0.4, 0.5) is 0 Å². The Morgan fingerprint density at radius 1 is 1.42 bits per heavy atom. The second-order valence-corrected chi connectivity index (χ2v) is 7.74. The van der Waals surface area contributed by atoms with Crippen LogP contribution in [0.1, 0.15) is 25.3 Å². The predicted octanol–water partition coefficient (Wildman–Crippen LogP) is 2.54. The van der Waals surface area contributed by atoms with Crippen LogP contribution in [0.3, 0.4) is 0 Å². The highest BCUT2D eigenvalue weighted by atomic mass is 35.5. The number of fused-ring (bicyclic) bond motifs is 1. The van der Waals surface area contributed by atoms with Crippen LogP contribution >= 0.6 is 11.6 Å². The van der Waals surface area contributed by atoms with Crippen LogP contribution in [0.15, 0.2) is 36.4 Å². The van der Waals surface area contributed by atoms with Crippen LogP contribution < -0.4 is 5.32 Å². The number of unbranched alkanes of at least 4 members (excludes halogenated alkanes) is 1. The van der Waals surface area contributed by atoms with E-state index in [2.05, 4.69) is 12.2 Å². The second-order valence-electron chi connectivity index (χ2n) is 7.33. The molecule has 0 radical (unpaired) electrons. The summed E-state index contributed by atoms with van der Waals surface area (Å²) in [6, 6.07) is 7.52. The first-order valence-corrected chi connectivity index (χ1v) is 9.60. The summed E-state index contributed by atoms with van der Waals surface area (Å²) in [6.45, 7) is 3.62. The molecule has 5 nitrogen and oxygen atoms in total. The van der Waals surface area contributed by atoms with Crippen molar-refractivity contribution in [3.63, 3.8) is 0 Å². The van der Waals surface area contributed by atoms with Gasteiger partial charge in [0.2, 0.25) is 11.8 Å². The van der Waals surface area contributed by atoms with E-state index in [0.717, 1.165) is 18.4 Å². The summed E-state index contributed by atoms with van der Waals surface area (Å²) in [5.41, 5.74) is 0.233. The third-order valence-corrected chi connectivity index (χ3v) is 6.00. The third kappa shape index (κ3) is 2.74. The van der Waals surface area contributed by atoms with Crippen molar-refractivity contribution in [2.75, 3.05) is 13.1 Å². The second kappa shape index (κ2) is 6.71. The van der Waals surface area contributed by atoms with Crippen molar-refractivity contribution in [1.29, 1.82) is 0 Å². The van der Waals surface area contributed by atoms with Crippen molar-refractivity contribution < 1.29 is 14.3 Å². The standard InChI is InChI=1S/C20H23ClN2O3/c1-2-3-10-22-18(24)16-15-8-9-20(26-15)12-23(19(25)17(16)20)11-13-6-4-5-7-14(13)21/h4-9,15-17H,2-3,10-12H2,1H3,(H,22,24)/t15-,16+,17-,20-/m1/s1. The molecule has 3 aliphatic heterocycles. The Balaban J connectivity index is 1.53. The van der Waals surface area contributed by atoms with Gasteiger partial charge in [-0.3, -0.25) is 9.59 Å². The summed E-state index contributed by atoms with van der Waals surface area (Å²) in [7, 11) is 0. The molecule has 2 amide bonds. The minimum Gasteiger partial charge on any atom is -0.360 e. The van der Waals surface area contributed by atoms with Gasteiger partial charge in [0.1, 0.15) is 5.60 Å². The van der Waals surface area contributed by atoms with Crippen molar-refractivity contribution in [1.82, 2.24) is 10.2 Å². The Labute approximate surface area is 158 Å². The van der Waals surface area contributed by atoms with Crippen LogP contribution in [0.25, 0.3) is 0 Å². The number of carbonyl (C=O) groups excluding carboxylic acids is 2. The van der Waals surface area contributed by atoms with Crippen molar-refractivity contribution >= 4 is 23.4 Å². The molecular weight excluding hydrogens is 352 g/mol. The van der Waals surface area contributed by atoms with Gasteiger partial charge in [0.15, 0.2) is 0 Å². The number of amides is 2. The van der Waals surface area contributed by atoms with Crippen molar-refractivity contribution in [3.05, 3.63) is 47.0 Å². The molecule has 1 N–H and O–H groups in total. The topological polar surface area (TPSA) is 58.6 Å². The number of benzene rings is 1. The Kier molecular flexibility index (Phi) is 4.53. The van der Waals surface area contributed by atoms with Gasteiger partial charge in [0.25, 0.3) is 0 Å². The fraction of sp³-hybridized carbons (Fsp3) is 0.500. The maximum absolute atomic E-state index is 13.1. The lowest BCUT2D eigenvalue weighted by Crippen LogP contribution is -2.44. The summed E-state index contributed by atoms with van der Waals surface area (Å²) < 4.78 is 6.13. The average molecular weight is 375 g/mol. The number of nitrogens with one attached hydrogen (secondary N) is 1. The summed E-state index contributed by atoms with van der Waals surface area (Å²) in [4.78, 5) is 27.6. The Hall–Kier alpha value is -1.85. The minimum absolute atomic E-state index is 0.0209. The van der Waals surface area contributed by atoms with E-state index in [4.69, 9.17) is 16.3 Å². The third-order valence-electron chi connectivity index (χ3n) is 5.63. The molecule has 0 aromatic heterocycles. The molecule has 1 spiro atoms. The summed E-state index contributed by atoms with van der Waals surface area (Å²) in [6.07, 6.45) is 5.56. The molecule has 0 saturated carbocycles. The molecule has 1 aromatic carbocycles. The lowest BCUT2D eigenvalue weighted by Gasteiger charge is -2.23. The zero-order valence-electron chi connectivity index (χ0n) is 14.8. The molecule has 6 heteroatoms. The van der Waals surface area contributed by atoms with E-state index in [9.17, 15) is 9.59 Å². The smallest absolute Gasteiger partial charge is 0.230 e. The maximum Gasteiger partial charge on any atom is 0.230 e. The van der Waals surface area contributed by atoms with Gasteiger partial charge in [0.05, 0.1) is 24.5 Å².